The number of aliphatic hydroxyl groups excluding tert-OH is 1. The van der Waals surface area contributed by atoms with Gasteiger partial charge in [-0.2, -0.15) is 0 Å². The van der Waals surface area contributed by atoms with Crippen molar-refractivity contribution in [2.75, 3.05) is 12.8 Å². The molecule has 0 radical (unpaired) electrons. The van der Waals surface area contributed by atoms with Gasteiger partial charge in [0.15, 0.2) is 0 Å². The fourth-order valence-corrected chi connectivity index (χ4v) is 2.51. The van der Waals surface area contributed by atoms with Gasteiger partial charge < -0.3 is 15.6 Å². The fourth-order valence-electron chi connectivity index (χ4n) is 1.49. The van der Waals surface area contributed by atoms with Crippen molar-refractivity contribution in [1.82, 2.24) is 0 Å². The van der Waals surface area contributed by atoms with E-state index >= 15 is 0 Å². The van der Waals surface area contributed by atoms with E-state index in [4.69, 9.17) is 15.6 Å². The molecule has 3 N–H and O–H groups in total. The lowest BCUT2D eigenvalue weighted by Crippen LogP contribution is -1.90. The maximum Gasteiger partial charge on any atom is 0.129 e. The number of rotatable bonds is 2. The molecule has 1 aromatic carbocycles. The number of hydrogen-bond acceptors (Lipinski definition) is 4. The van der Waals surface area contributed by atoms with Gasteiger partial charge in [-0.05, 0) is 17.0 Å². The van der Waals surface area contributed by atoms with E-state index in [9.17, 15) is 0 Å². The molecule has 2 aromatic rings. The SMILES string of the molecule is COc1cc(N)cc2scc(CO)c12. The number of aliphatic hydroxyl groups is 1. The largest absolute Gasteiger partial charge is 0.496 e. The number of anilines is 1. The second kappa shape index (κ2) is 3.48. The first-order valence-electron chi connectivity index (χ1n) is 4.20. The molecule has 0 fully saturated rings. The Kier molecular flexibility index (Phi) is 2.31. The van der Waals surface area contributed by atoms with Crippen LogP contribution in [0.25, 0.3) is 10.1 Å². The van der Waals surface area contributed by atoms with Gasteiger partial charge in [0.05, 0.1) is 13.7 Å². The van der Waals surface area contributed by atoms with Crippen molar-refractivity contribution in [3.05, 3.63) is 23.1 Å². The van der Waals surface area contributed by atoms with Gasteiger partial charge in [-0.25, -0.2) is 0 Å². The number of hydrogen-bond donors (Lipinski definition) is 2. The van der Waals surface area contributed by atoms with Crippen molar-refractivity contribution in [1.29, 1.82) is 0 Å². The molecule has 2 rings (SSSR count). The molecule has 1 aromatic heterocycles. The summed E-state index contributed by atoms with van der Waals surface area (Å²) in [7, 11) is 1.60. The summed E-state index contributed by atoms with van der Waals surface area (Å²) in [5.41, 5.74) is 7.29. The highest BCUT2D eigenvalue weighted by atomic mass is 32.1. The molecule has 0 saturated heterocycles. The van der Waals surface area contributed by atoms with Crippen LogP contribution in [0.1, 0.15) is 5.56 Å². The maximum atomic E-state index is 9.13. The van der Waals surface area contributed by atoms with Crippen LogP contribution in [0.3, 0.4) is 0 Å². The first-order chi connectivity index (χ1) is 6.76. The third kappa shape index (κ3) is 1.32. The zero-order valence-electron chi connectivity index (χ0n) is 7.78. The molecular weight excluding hydrogens is 198 g/mol. The molecule has 14 heavy (non-hydrogen) atoms. The van der Waals surface area contributed by atoms with E-state index in [0.29, 0.717) is 5.69 Å². The lowest BCUT2D eigenvalue weighted by Gasteiger charge is -2.04. The monoisotopic (exact) mass is 209 g/mol. The fraction of sp³-hybridized carbons (Fsp3) is 0.200. The molecule has 0 saturated carbocycles. The van der Waals surface area contributed by atoms with Crippen LogP contribution in [0.2, 0.25) is 0 Å². The van der Waals surface area contributed by atoms with E-state index in [1.54, 1.807) is 24.5 Å². The standard InChI is InChI=1S/C10H11NO2S/c1-13-8-2-7(11)3-9-10(8)6(4-12)5-14-9/h2-3,5,12H,4,11H2,1H3. The van der Waals surface area contributed by atoms with Crippen LogP contribution in [0.4, 0.5) is 5.69 Å². The number of nitrogens with two attached hydrogens (primary N) is 1. The van der Waals surface area contributed by atoms with Crippen molar-refractivity contribution in [3.8, 4) is 5.75 Å². The lowest BCUT2D eigenvalue weighted by molar-refractivity contribution is 0.283. The summed E-state index contributed by atoms with van der Waals surface area (Å²) in [5.74, 6) is 0.727. The van der Waals surface area contributed by atoms with Crippen molar-refractivity contribution < 1.29 is 9.84 Å². The first kappa shape index (κ1) is 9.30. The van der Waals surface area contributed by atoms with Crippen LogP contribution in [0.15, 0.2) is 17.5 Å². The first-order valence-corrected chi connectivity index (χ1v) is 5.08. The predicted octanol–water partition coefficient (Wildman–Crippen LogP) is 1.98. The zero-order chi connectivity index (χ0) is 10.1. The smallest absolute Gasteiger partial charge is 0.129 e. The van der Waals surface area contributed by atoms with E-state index in [1.807, 2.05) is 11.4 Å². The molecule has 0 bridgehead atoms. The molecule has 3 nitrogen and oxygen atoms in total. The molecule has 0 amide bonds. The highest BCUT2D eigenvalue weighted by Crippen LogP contribution is 2.35. The van der Waals surface area contributed by atoms with Gasteiger partial charge in [0.25, 0.3) is 0 Å². The van der Waals surface area contributed by atoms with Crippen LogP contribution in [-0.4, -0.2) is 12.2 Å². The Morgan fingerprint density at radius 2 is 2.29 bits per heavy atom. The Labute approximate surface area is 85.7 Å². The minimum Gasteiger partial charge on any atom is -0.496 e. The molecule has 0 aliphatic carbocycles. The van der Waals surface area contributed by atoms with Gasteiger partial charge >= 0.3 is 0 Å². The summed E-state index contributed by atoms with van der Waals surface area (Å²) in [6.07, 6.45) is 0. The summed E-state index contributed by atoms with van der Waals surface area (Å²) < 4.78 is 6.27. The van der Waals surface area contributed by atoms with Gasteiger partial charge in [0, 0.05) is 21.8 Å². The average Bonchev–Trinajstić information content (AvgIpc) is 2.59. The Morgan fingerprint density at radius 3 is 2.93 bits per heavy atom. The Bertz CT molecular complexity index is 464. The van der Waals surface area contributed by atoms with Crippen LogP contribution in [-0.2, 0) is 6.61 Å². The quantitative estimate of drug-likeness (QED) is 0.744. The topological polar surface area (TPSA) is 55.5 Å². The molecule has 4 heteroatoms. The molecule has 0 aliphatic heterocycles. The van der Waals surface area contributed by atoms with Gasteiger partial charge in [-0.1, -0.05) is 0 Å². The summed E-state index contributed by atoms with van der Waals surface area (Å²) in [6, 6.07) is 3.66. The molecule has 0 atom stereocenters. The Balaban J connectivity index is 2.78. The zero-order valence-corrected chi connectivity index (χ0v) is 8.60. The molecule has 74 valence electrons. The van der Waals surface area contributed by atoms with Gasteiger partial charge in [-0.3, -0.25) is 0 Å². The molecular formula is C10H11NO2S. The second-order valence-electron chi connectivity index (χ2n) is 3.02. The number of fused-ring (bicyclic) bond motifs is 1. The van der Waals surface area contributed by atoms with Crippen LogP contribution in [0, 0.1) is 0 Å². The number of ether oxygens (including phenoxy) is 1. The number of nitrogen functional groups attached to an aromatic ring is 1. The molecule has 0 spiro atoms. The van der Waals surface area contributed by atoms with Crippen LogP contribution in [0.5, 0.6) is 5.75 Å². The Morgan fingerprint density at radius 1 is 1.50 bits per heavy atom. The van der Waals surface area contributed by atoms with Crippen molar-refractivity contribution >= 4 is 27.1 Å². The van der Waals surface area contributed by atoms with Crippen molar-refractivity contribution in [3.63, 3.8) is 0 Å². The van der Waals surface area contributed by atoms with E-state index in [2.05, 4.69) is 0 Å². The lowest BCUT2D eigenvalue weighted by atomic mass is 10.1. The molecule has 0 aliphatic rings. The highest BCUT2D eigenvalue weighted by Gasteiger charge is 2.09. The summed E-state index contributed by atoms with van der Waals surface area (Å²) in [6.45, 7) is 0.0281. The predicted molar refractivity (Wildman–Crippen MR) is 58.7 cm³/mol. The summed E-state index contributed by atoms with van der Waals surface area (Å²) in [5, 5.41) is 12.0. The van der Waals surface area contributed by atoms with E-state index < -0.39 is 0 Å². The normalized spacial score (nSPS) is 10.7. The molecule has 1 heterocycles. The number of benzene rings is 1. The second-order valence-corrected chi connectivity index (χ2v) is 3.93. The van der Waals surface area contributed by atoms with E-state index in [0.717, 1.165) is 21.4 Å². The minimum atomic E-state index is 0.0281. The maximum absolute atomic E-state index is 9.13. The van der Waals surface area contributed by atoms with E-state index in [1.165, 1.54) is 0 Å². The van der Waals surface area contributed by atoms with Crippen molar-refractivity contribution in [2.45, 2.75) is 6.61 Å². The average molecular weight is 209 g/mol. The van der Waals surface area contributed by atoms with Gasteiger partial charge in [0.1, 0.15) is 5.75 Å². The van der Waals surface area contributed by atoms with E-state index in [-0.39, 0.29) is 6.61 Å². The number of thiophene rings is 1. The highest BCUT2D eigenvalue weighted by molar-refractivity contribution is 7.17. The minimum absolute atomic E-state index is 0.0281. The Hall–Kier alpha value is -1.26. The summed E-state index contributed by atoms with van der Waals surface area (Å²) in [4.78, 5) is 0. The summed E-state index contributed by atoms with van der Waals surface area (Å²) >= 11 is 1.56. The van der Waals surface area contributed by atoms with Gasteiger partial charge in [-0.15, -0.1) is 11.3 Å². The van der Waals surface area contributed by atoms with Gasteiger partial charge in [0.2, 0.25) is 0 Å². The third-order valence-corrected chi connectivity index (χ3v) is 3.11. The third-order valence-electron chi connectivity index (χ3n) is 2.13. The molecule has 0 unspecified atom stereocenters. The number of methoxy groups -OCH3 is 1. The van der Waals surface area contributed by atoms with Crippen LogP contribution >= 0.6 is 11.3 Å². The van der Waals surface area contributed by atoms with Crippen molar-refractivity contribution in [2.24, 2.45) is 0 Å². The van der Waals surface area contributed by atoms with Crippen LogP contribution < -0.4 is 10.5 Å².